The van der Waals surface area contributed by atoms with Crippen LogP contribution in [0, 0.1) is 11.8 Å². The highest BCUT2D eigenvalue weighted by molar-refractivity contribution is 5.79. The molecule has 0 aromatic rings. The van der Waals surface area contributed by atoms with Crippen LogP contribution in [0.4, 0.5) is 0 Å². The Bertz CT molecular complexity index is 325. The number of nitrogens with zero attached hydrogens (tertiary/aromatic N) is 2. The number of hydrogen-bond donors (Lipinski definition) is 1. The molecule has 2 N–H and O–H groups in total. The molecule has 5 heteroatoms. The maximum atomic E-state index is 12.8. The van der Waals surface area contributed by atoms with Crippen LogP contribution >= 0.6 is 0 Å². The molecule has 1 saturated carbocycles. The summed E-state index contributed by atoms with van der Waals surface area (Å²) in [4.78, 5) is 17.3. The summed E-state index contributed by atoms with van der Waals surface area (Å²) < 4.78 is 5.15. The Balaban J connectivity index is 1.87. The van der Waals surface area contributed by atoms with Crippen molar-refractivity contribution in [2.45, 2.75) is 32.1 Å². The minimum Gasteiger partial charge on any atom is -0.383 e. The molecule has 1 saturated heterocycles. The van der Waals surface area contributed by atoms with Crippen LogP contribution in [0.3, 0.4) is 0 Å². The molecule has 2 aliphatic rings. The van der Waals surface area contributed by atoms with E-state index >= 15 is 0 Å². The van der Waals surface area contributed by atoms with Crippen molar-refractivity contribution in [1.82, 2.24) is 9.80 Å². The zero-order valence-electron chi connectivity index (χ0n) is 13.4. The molecule has 122 valence electrons. The van der Waals surface area contributed by atoms with Gasteiger partial charge in [-0.25, -0.2) is 0 Å². The number of rotatable bonds is 5. The first kappa shape index (κ1) is 16.7. The zero-order valence-corrected chi connectivity index (χ0v) is 13.4. The van der Waals surface area contributed by atoms with E-state index in [2.05, 4.69) is 9.80 Å². The van der Waals surface area contributed by atoms with E-state index in [1.54, 1.807) is 7.11 Å². The third-order valence-electron chi connectivity index (χ3n) is 5.04. The predicted octanol–water partition coefficient (Wildman–Crippen LogP) is 0.932. The molecule has 2 rings (SSSR count). The van der Waals surface area contributed by atoms with Crippen molar-refractivity contribution < 1.29 is 9.53 Å². The van der Waals surface area contributed by atoms with E-state index in [0.717, 1.165) is 58.6 Å². The van der Waals surface area contributed by atoms with Gasteiger partial charge in [0.2, 0.25) is 5.91 Å². The van der Waals surface area contributed by atoms with E-state index in [0.29, 0.717) is 18.4 Å². The van der Waals surface area contributed by atoms with E-state index in [1.165, 1.54) is 12.8 Å². The van der Waals surface area contributed by atoms with Crippen LogP contribution in [0.15, 0.2) is 0 Å². The number of amides is 1. The molecule has 21 heavy (non-hydrogen) atoms. The lowest BCUT2D eigenvalue weighted by atomic mass is 9.78. The third-order valence-corrected chi connectivity index (χ3v) is 5.04. The van der Waals surface area contributed by atoms with Gasteiger partial charge in [-0.2, -0.15) is 0 Å². The SMILES string of the molecule is COCCN1CCCN(C(=O)C2CCCCC2CN)CC1. The molecular weight excluding hydrogens is 266 g/mol. The van der Waals surface area contributed by atoms with Gasteiger partial charge in [-0.15, -0.1) is 0 Å². The largest absolute Gasteiger partial charge is 0.383 e. The van der Waals surface area contributed by atoms with Gasteiger partial charge in [-0.1, -0.05) is 12.8 Å². The summed E-state index contributed by atoms with van der Waals surface area (Å²) in [5.74, 6) is 0.937. The fraction of sp³-hybridized carbons (Fsp3) is 0.938. The van der Waals surface area contributed by atoms with Crippen LogP contribution in [0.1, 0.15) is 32.1 Å². The Morgan fingerprint density at radius 2 is 1.95 bits per heavy atom. The van der Waals surface area contributed by atoms with Crippen molar-refractivity contribution in [3.63, 3.8) is 0 Å². The number of carbonyl (C=O) groups excluding carboxylic acids is 1. The quantitative estimate of drug-likeness (QED) is 0.820. The summed E-state index contributed by atoms with van der Waals surface area (Å²) in [5.41, 5.74) is 5.88. The highest BCUT2D eigenvalue weighted by Crippen LogP contribution is 2.31. The Hall–Kier alpha value is -0.650. The maximum absolute atomic E-state index is 12.8. The van der Waals surface area contributed by atoms with Crippen LogP contribution in [0.25, 0.3) is 0 Å². The summed E-state index contributed by atoms with van der Waals surface area (Å²) in [7, 11) is 1.74. The Kier molecular flexibility index (Phi) is 6.93. The first-order valence-corrected chi connectivity index (χ1v) is 8.46. The Labute approximate surface area is 128 Å². The normalized spacial score (nSPS) is 28.4. The topological polar surface area (TPSA) is 58.8 Å². The molecule has 0 bridgehead atoms. The number of carbonyl (C=O) groups is 1. The van der Waals surface area contributed by atoms with E-state index in [-0.39, 0.29) is 5.92 Å². The fourth-order valence-electron chi connectivity index (χ4n) is 3.68. The molecule has 1 heterocycles. The number of ether oxygens (including phenoxy) is 1. The third kappa shape index (κ3) is 4.66. The van der Waals surface area contributed by atoms with E-state index in [9.17, 15) is 4.79 Å². The van der Waals surface area contributed by atoms with Gasteiger partial charge < -0.3 is 15.4 Å². The minimum absolute atomic E-state index is 0.175. The number of hydrogen-bond acceptors (Lipinski definition) is 4. The monoisotopic (exact) mass is 297 g/mol. The average Bonchev–Trinajstić information content (AvgIpc) is 2.77. The average molecular weight is 297 g/mol. The molecule has 0 aromatic heterocycles. The lowest BCUT2D eigenvalue weighted by Crippen LogP contribution is -2.43. The molecule has 1 aliphatic carbocycles. The van der Waals surface area contributed by atoms with E-state index in [1.807, 2.05) is 0 Å². The van der Waals surface area contributed by atoms with Gasteiger partial charge in [0.25, 0.3) is 0 Å². The standard InChI is InChI=1S/C16H31N3O2/c1-21-12-11-18-7-4-8-19(10-9-18)16(20)15-6-3-2-5-14(15)13-17/h14-15H,2-13,17H2,1H3. The van der Waals surface area contributed by atoms with Gasteiger partial charge in [-0.05, 0) is 38.3 Å². The summed E-state index contributed by atoms with van der Waals surface area (Å²) in [6.07, 6.45) is 5.64. The summed E-state index contributed by atoms with van der Waals surface area (Å²) >= 11 is 0. The molecule has 2 atom stereocenters. The van der Waals surface area contributed by atoms with Crippen LogP contribution in [0.2, 0.25) is 0 Å². The number of nitrogens with two attached hydrogens (primary N) is 1. The molecular formula is C16H31N3O2. The van der Waals surface area contributed by atoms with Gasteiger partial charge in [0, 0.05) is 39.2 Å². The Morgan fingerprint density at radius 3 is 2.71 bits per heavy atom. The first-order chi connectivity index (χ1) is 10.3. The van der Waals surface area contributed by atoms with Gasteiger partial charge in [-0.3, -0.25) is 9.69 Å². The molecule has 0 aromatic carbocycles. The van der Waals surface area contributed by atoms with E-state index in [4.69, 9.17) is 10.5 Å². The van der Waals surface area contributed by atoms with Crippen LogP contribution in [-0.2, 0) is 9.53 Å². The molecule has 0 spiro atoms. The van der Waals surface area contributed by atoms with Crippen molar-refractivity contribution in [3.05, 3.63) is 0 Å². The van der Waals surface area contributed by atoms with Crippen LogP contribution in [0.5, 0.6) is 0 Å². The van der Waals surface area contributed by atoms with Crippen molar-refractivity contribution in [3.8, 4) is 0 Å². The van der Waals surface area contributed by atoms with Gasteiger partial charge >= 0.3 is 0 Å². The highest BCUT2D eigenvalue weighted by Gasteiger charge is 2.33. The van der Waals surface area contributed by atoms with Crippen molar-refractivity contribution in [2.24, 2.45) is 17.6 Å². The molecule has 5 nitrogen and oxygen atoms in total. The Morgan fingerprint density at radius 1 is 1.14 bits per heavy atom. The summed E-state index contributed by atoms with van der Waals surface area (Å²) in [5, 5.41) is 0. The van der Waals surface area contributed by atoms with Gasteiger partial charge in [0.15, 0.2) is 0 Å². The molecule has 1 amide bonds. The first-order valence-electron chi connectivity index (χ1n) is 8.46. The lowest BCUT2D eigenvalue weighted by molar-refractivity contribution is -0.138. The number of methoxy groups -OCH3 is 1. The van der Waals surface area contributed by atoms with Gasteiger partial charge in [0.05, 0.1) is 6.61 Å². The second kappa shape index (κ2) is 8.71. The smallest absolute Gasteiger partial charge is 0.226 e. The predicted molar refractivity (Wildman–Crippen MR) is 84.0 cm³/mol. The zero-order chi connectivity index (χ0) is 15.1. The van der Waals surface area contributed by atoms with Crippen LogP contribution in [-0.4, -0.2) is 68.7 Å². The maximum Gasteiger partial charge on any atom is 0.226 e. The van der Waals surface area contributed by atoms with E-state index < -0.39 is 0 Å². The van der Waals surface area contributed by atoms with Crippen LogP contribution < -0.4 is 5.73 Å². The van der Waals surface area contributed by atoms with Crippen molar-refractivity contribution in [2.75, 3.05) is 53.0 Å². The summed E-state index contributed by atoms with van der Waals surface area (Å²) in [6, 6.07) is 0. The molecule has 0 radical (unpaired) electrons. The van der Waals surface area contributed by atoms with Crippen molar-refractivity contribution >= 4 is 5.91 Å². The molecule has 2 unspecified atom stereocenters. The fourth-order valence-corrected chi connectivity index (χ4v) is 3.68. The molecule has 1 aliphatic heterocycles. The van der Waals surface area contributed by atoms with Crippen molar-refractivity contribution in [1.29, 1.82) is 0 Å². The van der Waals surface area contributed by atoms with Gasteiger partial charge in [0.1, 0.15) is 0 Å². The second-order valence-corrected chi connectivity index (χ2v) is 6.40. The lowest BCUT2D eigenvalue weighted by Gasteiger charge is -2.33. The summed E-state index contributed by atoms with van der Waals surface area (Å²) in [6.45, 7) is 6.18. The second-order valence-electron chi connectivity index (χ2n) is 6.40. The molecule has 2 fully saturated rings. The highest BCUT2D eigenvalue weighted by atomic mass is 16.5. The minimum atomic E-state index is 0.175.